The zero-order chi connectivity index (χ0) is 18.1. The molecule has 7 heteroatoms. The minimum atomic E-state index is -0.523. The van der Waals surface area contributed by atoms with Crippen molar-refractivity contribution in [3.63, 3.8) is 0 Å². The number of imidazole rings is 1. The second kappa shape index (κ2) is 6.58. The van der Waals surface area contributed by atoms with Crippen molar-refractivity contribution in [3.8, 4) is 5.75 Å². The molecule has 7 nitrogen and oxygen atoms in total. The van der Waals surface area contributed by atoms with Gasteiger partial charge in [-0.25, -0.2) is 9.78 Å². The first-order valence-corrected chi connectivity index (χ1v) is 8.25. The van der Waals surface area contributed by atoms with Crippen molar-refractivity contribution >= 4 is 22.5 Å². The summed E-state index contributed by atoms with van der Waals surface area (Å²) in [4.78, 5) is 31.7. The zero-order valence-electron chi connectivity index (χ0n) is 14.8. The van der Waals surface area contributed by atoms with E-state index in [1.54, 1.807) is 18.3 Å². The monoisotopic (exact) mass is 343 g/mol. The lowest BCUT2D eigenvalue weighted by Crippen LogP contribution is -2.14. The van der Waals surface area contributed by atoms with Gasteiger partial charge < -0.3 is 14.5 Å². The highest BCUT2D eigenvalue weighted by molar-refractivity contribution is 5.97. The van der Waals surface area contributed by atoms with Gasteiger partial charge in [0.25, 0.3) is 5.56 Å². The molecule has 3 rings (SSSR count). The summed E-state index contributed by atoms with van der Waals surface area (Å²) in [5, 5.41) is 0. The Balaban J connectivity index is 2.42. The maximum Gasteiger partial charge on any atom is 0.341 e. The van der Waals surface area contributed by atoms with Gasteiger partial charge in [0.2, 0.25) is 0 Å². The van der Waals surface area contributed by atoms with E-state index in [9.17, 15) is 9.59 Å². The topological polar surface area (TPSA) is 85.7 Å². The molecule has 2 heterocycles. The molecule has 0 fully saturated rings. The highest BCUT2D eigenvalue weighted by Crippen LogP contribution is 2.29. The first kappa shape index (κ1) is 17.0. The largest absolute Gasteiger partial charge is 0.496 e. The van der Waals surface area contributed by atoms with Crippen LogP contribution in [0, 0.1) is 0 Å². The fourth-order valence-electron chi connectivity index (χ4n) is 3.20. The lowest BCUT2D eigenvalue weighted by Gasteiger charge is -2.14. The van der Waals surface area contributed by atoms with Gasteiger partial charge in [0.05, 0.1) is 31.4 Å². The maximum atomic E-state index is 12.4. The van der Waals surface area contributed by atoms with E-state index in [1.165, 1.54) is 14.2 Å². The predicted octanol–water partition coefficient (Wildman–Crippen LogP) is 2.87. The Morgan fingerprint density at radius 1 is 1.24 bits per heavy atom. The third kappa shape index (κ3) is 2.65. The van der Waals surface area contributed by atoms with Crippen molar-refractivity contribution in [2.75, 3.05) is 14.2 Å². The normalized spacial score (nSPS) is 11.4. The average molecular weight is 343 g/mol. The van der Waals surface area contributed by atoms with Crippen molar-refractivity contribution in [1.29, 1.82) is 0 Å². The van der Waals surface area contributed by atoms with E-state index >= 15 is 0 Å². The maximum absolute atomic E-state index is 12.4. The smallest absolute Gasteiger partial charge is 0.341 e. The third-order valence-electron chi connectivity index (χ3n) is 4.58. The molecule has 0 aliphatic carbocycles. The van der Waals surface area contributed by atoms with Gasteiger partial charge in [-0.05, 0) is 18.9 Å². The molecule has 0 aliphatic rings. The molecular weight excluding hydrogens is 322 g/mol. The van der Waals surface area contributed by atoms with Gasteiger partial charge in [0.1, 0.15) is 22.7 Å². The Kier molecular flexibility index (Phi) is 4.48. The quantitative estimate of drug-likeness (QED) is 0.720. The molecule has 0 unspecified atom stereocenters. The Labute approximate surface area is 144 Å². The fraction of sp³-hybridized carbons (Fsp3) is 0.389. The number of nitrogens with one attached hydrogen (secondary N) is 1. The molecule has 1 N–H and O–H groups in total. The summed E-state index contributed by atoms with van der Waals surface area (Å²) < 4.78 is 12.0. The van der Waals surface area contributed by atoms with Crippen molar-refractivity contribution in [2.45, 2.75) is 32.6 Å². The number of fused-ring (bicyclic) bond motifs is 3. The number of nitrogens with zero attached hydrogens (tertiary/aromatic N) is 2. The van der Waals surface area contributed by atoms with E-state index in [2.05, 4.69) is 23.8 Å². The fourth-order valence-corrected chi connectivity index (χ4v) is 3.20. The summed E-state index contributed by atoms with van der Waals surface area (Å²) >= 11 is 0. The number of carbonyl (C=O) groups is 1. The number of aromatic amines is 1. The number of hydrogen-bond donors (Lipinski definition) is 1. The molecule has 0 saturated carbocycles. The third-order valence-corrected chi connectivity index (χ3v) is 4.58. The zero-order valence-corrected chi connectivity index (χ0v) is 14.8. The van der Waals surface area contributed by atoms with Gasteiger partial charge >= 0.3 is 5.97 Å². The van der Waals surface area contributed by atoms with Crippen molar-refractivity contribution in [3.05, 3.63) is 40.1 Å². The van der Waals surface area contributed by atoms with Crippen LogP contribution in [0.1, 0.15) is 48.8 Å². The van der Waals surface area contributed by atoms with Crippen LogP contribution in [0.2, 0.25) is 0 Å². The SMILES string of the molecule is CCC(CC)c1ncc2c(=O)[nH]c3cc(C(=O)OC)c(OC)cc3n12. The number of benzene rings is 1. The highest BCUT2D eigenvalue weighted by atomic mass is 16.5. The molecule has 0 aliphatic heterocycles. The average Bonchev–Trinajstić information content (AvgIpc) is 3.07. The number of esters is 1. The molecule has 0 amide bonds. The van der Waals surface area contributed by atoms with E-state index in [0.717, 1.165) is 24.2 Å². The van der Waals surface area contributed by atoms with Crippen LogP contribution in [0.25, 0.3) is 16.6 Å². The molecular formula is C18H21N3O4. The van der Waals surface area contributed by atoms with Crippen LogP contribution < -0.4 is 10.3 Å². The van der Waals surface area contributed by atoms with E-state index < -0.39 is 5.97 Å². The number of ether oxygens (including phenoxy) is 2. The molecule has 0 atom stereocenters. The van der Waals surface area contributed by atoms with Crippen LogP contribution in [0.3, 0.4) is 0 Å². The second-order valence-corrected chi connectivity index (χ2v) is 5.87. The Morgan fingerprint density at radius 3 is 2.56 bits per heavy atom. The van der Waals surface area contributed by atoms with Crippen molar-refractivity contribution in [2.24, 2.45) is 0 Å². The van der Waals surface area contributed by atoms with Crippen LogP contribution in [-0.4, -0.2) is 34.6 Å². The summed E-state index contributed by atoms with van der Waals surface area (Å²) in [7, 11) is 2.80. The number of carbonyl (C=O) groups excluding carboxylic acids is 1. The van der Waals surface area contributed by atoms with Crippen LogP contribution in [0.4, 0.5) is 0 Å². The minimum absolute atomic E-state index is 0.235. The Hall–Kier alpha value is -2.83. The number of hydrogen-bond acceptors (Lipinski definition) is 5. The Bertz CT molecular complexity index is 999. The lowest BCUT2D eigenvalue weighted by molar-refractivity contribution is 0.0597. The van der Waals surface area contributed by atoms with Gasteiger partial charge in [-0.15, -0.1) is 0 Å². The van der Waals surface area contributed by atoms with Crippen LogP contribution in [-0.2, 0) is 4.74 Å². The summed E-state index contributed by atoms with van der Waals surface area (Å²) in [5.74, 6) is 0.935. The van der Waals surface area contributed by atoms with E-state index in [0.29, 0.717) is 16.8 Å². The van der Waals surface area contributed by atoms with Gasteiger partial charge in [-0.2, -0.15) is 0 Å². The van der Waals surface area contributed by atoms with E-state index in [4.69, 9.17) is 9.47 Å². The Morgan fingerprint density at radius 2 is 1.96 bits per heavy atom. The summed E-state index contributed by atoms with van der Waals surface area (Å²) in [6.45, 7) is 4.20. The first-order chi connectivity index (χ1) is 12.0. The summed E-state index contributed by atoms with van der Waals surface area (Å²) in [6, 6.07) is 3.32. The molecule has 25 heavy (non-hydrogen) atoms. The van der Waals surface area contributed by atoms with Gasteiger partial charge in [0, 0.05) is 12.0 Å². The standard InChI is InChI=1S/C18H21N3O4/c1-5-10(6-2)16-19-9-14-17(22)20-12-7-11(18(23)25-4)15(24-3)8-13(12)21(14)16/h7-10H,5-6H2,1-4H3,(H,20,22). The highest BCUT2D eigenvalue weighted by Gasteiger charge is 2.20. The predicted molar refractivity (Wildman–Crippen MR) is 94.5 cm³/mol. The van der Waals surface area contributed by atoms with Crippen molar-refractivity contribution < 1.29 is 14.3 Å². The number of H-pyrrole nitrogens is 1. The lowest BCUT2D eigenvalue weighted by atomic mass is 10.0. The molecule has 0 saturated heterocycles. The molecule has 0 bridgehead atoms. The first-order valence-electron chi connectivity index (χ1n) is 8.25. The molecule has 132 valence electrons. The number of rotatable bonds is 5. The molecule has 0 radical (unpaired) electrons. The number of aromatic nitrogens is 3. The van der Waals surface area contributed by atoms with Crippen LogP contribution >= 0.6 is 0 Å². The summed E-state index contributed by atoms with van der Waals surface area (Å²) in [5.41, 5.74) is 1.75. The second-order valence-electron chi connectivity index (χ2n) is 5.87. The van der Waals surface area contributed by atoms with Gasteiger partial charge in [-0.3, -0.25) is 9.20 Å². The molecule has 1 aromatic carbocycles. The van der Waals surface area contributed by atoms with E-state index in [-0.39, 0.29) is 17.0 Å². The summed E-state index contributed by atoms with van der Waals surface area (Å²) in [6.07, 6.45) is 3.43. The molecule has 0 spiro atoms. The van der Waals surface area contributed by atoms with Crippen molar-refractivity contribution in [1.82, 2.24) is 14.4 Å². The minimum Gasteiger partial charge on any atom is -0.496 e. The van der Waals surface area contributed by atoms with Crippen LogP contribution in [0.15, 0.2) is 23.1 Å². The van der Waals surface area contributed by atoms with E-state index in [1.807, 2.05) is 4.40 Å². The van der Waals surface area contributed by atoms with Gasteiger partial charge in [-0.1, -0.05) is 13.8 Å². The molecule has 3 aromatic rings. The van der Waals surface area contributed by atoms with Gasteiger partial charge in [0.15, 0.2) is 0 Å². The number of methoxy groups -OCH3 is 2. The van der Waals surface area contributed by atoms with Crippen LogP contribution in [0.5, 0.6) is 5.75 Å². The molecule has 2 aromatic heterocycles.